The number of rotatable bonds is 4. The molecule has 1 aromatic carbocycles. The lowest BCUT2D eigenvalue weighted by Gasteiger charge is -2.06. The average molecular weight is 413 g/mol. The molecule has 1 amide bonds. The van der Waals surface area contributed by atoms with Crippen molar-refractivity contribution in [2.24, 2.45) is 7.05 Å². The first-order valence-electron chi connectivity index (χ1n) is 6.91. The van der Waals surface area contributed by atoms with E-state index >= 15 is 0 Å². The summed E-state index contributed by atoms with van der Waals surface area (Å²) in [6.45, 7) is 0.163. The van der Waals surface area contributed by atoms with Gasteiger partial charge < -0.3 is 5.32 Å². The van der Waals surface area contributed by atoms with Gasteiger partial charge in [0, 0.05) is 29.9 Å². The molecule has 0 spiro atoms. The van der Waals surface area contributed by atoms with Crippen molar-refractivity contribution in [3.8, 4) is 0 Å². The monoisotopic (exact) mass is 411 g/mol. The molecule has 0 aliphatic rings. The van der Waals surface area contributed by atoms with E-state index in [0.29, 0.717) is 26.6 Å². The van der Waals surface area contributed by atoms with E-state index in [2.05, 4.69) is 31.4 Å². The molecule has 0 aliphatic heterocycles. The van der Waals surface area contributed by atoms with Crippen molar-refractivity contribution in [1.29, 1.82) is 0 Å². The highest BCUT2D eigenvalue weighted by atomic mass is 79.9. The summed E-state index contributed by atoms with van der Waals surface area (Å²) in [5, 5.41) is 11.2. The molecule has 0 bridgehead atoms. The van der Waals surface area contributed by atoms with E-state index in [1.165, 1.54) is 21.6 Å². The van der Waals surface area contributed by atoms with Crippen LogP contribution in [0.4, 0.5) is 10.2 Å². The van der Waals surface area contributed by atoms with Crippen molar-refractivity contribution >= 4 is 39.3 Å². The molecule has 2 heterocycles. The zero-order chi connectivity index (χ0) is 17.3. The Morgan fingerprint density at radius 1 is 1.42 bits per heavy atom. The normalized spacial score (nSPS) is 10.8. The molecule has 2 aromatic heterocycles. The first-order chi connectivity index (χ1) is 11.5. The van der Waals surface area contributed by atoms with E-state index in [0.717, 1.165) is 0 Å². The summed E-state index contributed by atoms with van der Waals surface area (Å²) >= 11 is 9.28. The van der Waals surface area contributed by atoms with Crippen molar-refractivity contribution < 1.29 is 9.18 Å². The molecule has 0 atom stereocenters. The van der Waals surface area contributed by atoms with E-state index in [-0.39, 0.29) is 12.5 Å². The van der Waals surface area contributed by atoms with Gasteiger partial charge in [0.15, 0.2) is 5.82 Å². The Hall–Kier alpha value is -2.19. The molecule has 0 radical (unpaired) electrons. The molecule has 24 heavy (non-hydrogen) atoms. The summed E-state index contributed by atoms with van der Waals surface area (Å²) < 4.78 is 17.4. The van der Waals surface area contributed by atoms with Gasteiger partial charge in [-0.25, -0.2) is 4.39 Å². The minimum Gasteiger partial charge on any atom is -0.304 e. The molecule has 0 saturated carbocycles. The fraction of sp³-hybridized carbons (Fsp3) is 0.133. The quantitative estimate of drug-likeness (QED) is 0.713. The van der Waals surface area contributed by atoms with Crippen molar-refractivity contribution in [2.75, 3.05) is 5.32 Å². The lowest BCUT2D eigenvalue weighted by molar-refractivity contribution is 0.101. The van der Waals surface area contributed by atoms with Crippen LogP contribution in [0.3, 0.4) is 0 Å². The van der Waals surface area contributed by atoms with Gasteiger partial charge in [-0.2, -0.15) is 10.2 Å². The van der Waals surface area contributed by atoms with Gasteiger partial charge in [0.1, 0.15) is 11.5 Å². The number of hydrogen-bond acceptors (Lipinski definition) is 3. The van der Waals surface area contributed by atoms with Crippen LogP contribution in [-0.4, -0.2) is 25.5 Å². The Kier molecular flexibility index (Phi) is 4.68. The van der Waals surface area contributed by atoms with E-state index in [1.807, 2.05) is 0 Å². The van der Waals surface area contributed by atoms with Gasteiger partial charge in [-0.15, -0.1) is 0 Å². The number of carbonyl (C=O) groups excluding carboxylic acids is 1. The Morgan fingerprint density at radius 2 is 2.21 bits per heavy atom. The maximum absolute atomic E-state index is 13.8. The lowest BCUT2D eigenvalue weighted by atomic mass is 10.2. The Bertz CT molecular complexity index is 867. The lowest BCUT2D eigenvalue weighted by Crippen LogP contribution is -2.17. The van der Waals surface area contributed by atoms with Crippen LogP contribution in [0.25, 0.3) is 0 Å². The van der Waals surface area contributed by atoms with Crippen molar-refractivity contribution in [3.05, 3.63) is 63.2 Å². The summed E-state index contributed by atoms with van der Waals surface area (Å²) in [4.78, 5) is 12.3. The minimum atomic E-state index is -0.401. The maximum atomic E-state index is 13.8. The topological polar surface area (TPSA) is 64.7 Å². The molecule has 0 fully saturated rings. The van der Waals surface area contributed by atoms with Crippen LogP contribution in [-0.2, 0) is 13.6 Å². The fourth-order valence-electron chi connectivity index (χ4n) is 2.20. The van der Waals surface area contributed by atoms with Crippen molar-refractivity contribution in [2.45, 2.75) is 6.54 Å². The predicted molar refractivity (Wildman–Crippen MR) is 91.6 cm³/mol. The number of anilines is 1. The van der Waals surface area contributed by atoms with Crippen LogP contribution in [0.15, 0.2) is 41.1 Å². The largest absolute Gasteiger partial charge is 0.304 e. The fourth-order valence-corrected chi connectivity index (χ4v) is 2.95. The van der Waals surface area contributed by atoms with E-state index in [9.17, 15) is 9.18 Å². The molecular weight excluding hydrogens is 401 g/mol. The van der Waals surface area contributed by atoms with Gasteiger partial charge in [0.05, 0.1) is 17.2 Å². The second kappa shape index (κ2) is 6.74. The Balaban J connectivity index is 1.76. The van der Waals surface area contributed by atoms with Crippen LogP contribution in [0.1, 0.15) is 16.1 Å². The zero-order valence-corrected chi connectivity index (χ0v) is 14.8. The summed E-state index contributed by atoms with van der Waals surface area (Å²) in [5.41, 5.74) is 0.719. The third kappa shape index (κ3) is 3.34. The number of nitrogens with one attached hydrogen (secondary N) is 1. The maximum Gasteiger partial charge on any atom is 0.276 e. The summed E-state index contributed by atoms with van der Waals surface area (Å²) in [6, 6.07) is 6.12. The van der Waals surface area contributed by atoms with Crippen LogP contribution >= 0.6 is 27.5 Å². The molecule has 1 N–H and O–H groups in total. The molecule has 0 unspecified atom stereocenters. The summed E-state index contributed by atoms with van der Waals surface area (Å²) in [6.07, 6.45) is 3.17. The van der Waals surface area contributed by atoms with E-state index in [4.69, 9.17) is 11.6 Å². The number of nitrogens with zero attached hydrogens (tertiary/aromatic N) is 4. The third-order valence-corrected chi connectivity index (χ3v) is 4.31. The summed E-state index contributed by atoms with van der Waals surface area (Å²) in [7, 11) is 1.67. The zero-order valence-electron chi connectivity index (χ0n) is 12.5. The molecule has 124 valence electrons. The standard InChI is InChI=1S/C15H12BrClFN5O/c1-22-14(10(16)7-19-22)15(24)20-13-5-6-23(21-13)8-9-11(17)3-2-4-12(9)18/h2-7H,8H2,1H3,(H,20,21,24). The molecule has 6 nitrogen and oxygen atoms in total. The SMILES string of the molecule is Cn1ncc(Br)c1C(=O)Nc1ccn(Cc2c(F)cccc2Cl)n1. The molecule has 9 heteroatoms. The number of hydrogen-bond donors (Lipinski definition) is 1. The molecular formula is C15H12BrClFN5O. The first kappa shape index (κ1) is 16.7. The second-order valence-corrected chi connectivity index (χ2v) is 6.28. The smallest absolute Gasteiger partial charge is 0.276 e. The summed E-state index contributed by atoms with van der Waals surface area (Å²) in [5.74, 6) is -0.404. The highest BCUT2D eigenvalue weighted by Gasteiger charge is 2.16. The molecule has 3 aromatic rings. The average Bonchev–Trinajstić information content (AvgIpc) is 3.10. The van der Waals surface area contributed by atoms with Gasteiger partial charge in [-0.1, -0.05) is 17.7 Å². The number of aryl methyl sites for hydroxylation is 1. The molecule has 0 aliphatic carbocycles. The van der Waals surface area contributed by atoms with Crippen LogP contribution in [0, 0.1) is 5.82 Å². The van der Waals surface area contributed by atoms with Gasteiger partial charge in [0.25, 0.3) is 5.91 Å². The van der Waals surface area contributed by atoms with Gasteiger partial charge >= 0.3 is 0 Å². The van der Waals surface area contributed by atoms with E-state index < -0.39 is 5.82 Å². The first-order valence-corrected chi connectivity index (χ1v) is 8.08. The van der Waals surface area contributed by atoms with Gasteiger partial charge in [-0.3, -0.25) is 14.2 Å². The van der Waals surface area contributed by atoms with E-state index in [1.54, 1.807) is 31.4 Å². The van der Waals surface area contributed by atoms with Crippen LogP contribution in [0.5, 0.6) is 0 Å². The second-order valence-electron chi connectivity index (χ2n) is 5.02. The number of aromatic nitrogens is 4. The van der Waals surface area contributed by atoms with Crippen LogP contribution in [0.2, 0.25) is 5.02 Å². The number of halogens is 3. The van der Waals surface area contributed by atoms with Crippen molar-refractivity contribution in [1.82, 2.24) is 19.6 Å². The third-order valence-electron chi connectivity index (χ3n) is 3.37. The van der Waals surface area contributed by atoms with Gasteiger partial charge in [0.2, 0.25) is 0 Å². The number of carbonyl (C=O) groups is 1. The molecule has 3 rings (SSSR count). The predicted octanol–water partition coefficient (Wildman–Crippen LogP) is 3.47. The highest BCUT2D eigenvalue weighted by Crippen LogP contribution is 2.20. The molecule has 0 saturated heterocycles. The number of amides is 1. The number of benzene rings is 1. The Morgan fingerprint density at radius 3 is 2.88 bits per heavy atom. The van der Waals surface area contributed by atoms with Crippen LogP contribution < -0.4 is 5.32 Å². The Labute approximate surface area is 150 Å². The van der Waals surface area contributed by atoms with Gasteiger partial charge in [-0.05, 0) is 28.1 Å². The van der Waals surface area contributed by atoms with Crippen molar-refractivity contribution in [3.63, 3.8) is 0 Å². The minimum absolute atomic E-state index is 0.163. The highest BCUT2D eigenvalue weighted by molar-refractivity contribution is 9.10.